The molecule has 1 unspecified atom stereocenters. The Bertz CT molecular complexity index is 966. The lowest BCUT2D eigenvalue weighted by molar-refractivity contribution is 0.0579. The van der Waals surface area contributed by atoms with Gasteiger partial charge in [0, 0.05) is 4.90 Å². The normalized spacial score (nSPS) is 15.9. The van der Waals surface area contributed by atoms with E-state index in [4.69, 9.17) is 9.05 Å². The number of carbonyl (C=O) groups is 2. The van der Waals surface area contributed by atoms with Crippen LogP contribution in [0.15, 0.2) is 53.4 Å². The molecule has 2 aromatic rings. The number of rotatable bonds is 9. The van der Waals surface area contributed by atoms with Gasteiger partial charge in [0.15, 0.2) is 0 Å². The molecular formula is C22H26NO5PS. The molecule has 0 saturated heterocycles. The maximum Gasteiger partial charge on any atom is 0.333 e. The highest BCUT2D eigenvalue weighted by atomic mass is 32.2. The van der Waals surface area contributed by atoms with Crippen molar-refractivity contribution in [3.63, 3.8) is 0 Å². The van der Waals surface area contributed by atoms with Gasteiger partial charge in [-0.2, -0.15) is 0 Å². The van der Waals surface area contributed by atoms with E-state index in [-0.39, 0.29) is 19.4 Å². The Labute approximate surface area is 181 Å². The number of amides is 2. The van der Waals surface area contributed by atoms with Gasteiger partial charge >= 0.3 is 7.60 Å². The molecular weight excluding hydrogens is 421 g/mol. The molecule has 6 nitrogen and oxygen atoms in total. The quantitative estimate of drug-likeness (QED) is 0.293. The van der Waals surface area contributed by atoms with Crippen LogP contribution in [0.25, 0.3) is 0 Å². The summed E-state index contributed by atoms with van der Waals surface area (Å²) in [5.41, 5.74) is 1.69. The van der Waals surface area contributed by atoms with E-state index >= 15 is 0 Å². The number of fused-ring (bicyclic) bond motifs is 1. The third kappa shape index (κ3) is 4.40. The number of benzene rings is 2. The largest absolute Gasteiger partial charge is 0.333 e. The van der Waals surface area contributed by atoms with Crippen molar-refractivity contribution in [3.8, 4) is 0 Å². The van der Waals surface area contributed by atoms with Crippen LogP contribution in [0.4, 0.5) is 0 Å². The van der Waals surface area contributed by atoms with Crippen molar-refractivity contribution in [1.29, 1.82) is 0 Å². The molecule has 0 N–H and O–H groups in total. The molecule has 0 aromatic heterocycles. The highest BCUT2D eigenvalue weighted by Gasteiger charge is 2.51. The van der Waals surface area contributed by atoms with Crippen LogP contribution in [0.2, 0.25) is 0 Å². The number of nitrogens with zero attached hydrogens (tertiary/aromatic N) is 1. The molecule has 2 aromatic carbocycles. The fourth-order valence-electron chi connectivity index (χ4n) is 3.56. The van der Waals surface area contributed by atoms with E-state index < -0.39 is 24.3 Å². The molecule has 3 rings (SSSR count). The lowest BCUT2D eigenvalue weighted by Crippen LogP contribution is -2.50. The third-order valence-corrected chi connectivity index (χ3v) is 8.79. The molecule has 160 valence electrons. The first kappa shape index (κ1) is 22.8. The maximum atomic E-state index is 13.4. The van der Waals surface area contributed by atoms with Gasteiger partial charge in [0.05, 0.1) is 30.5 Å². The van der Waals surface area contributed by atoms with E-state index in [0.29, 0.717) is 11.1 Å². The topological polar surface area (TPSA) is 72.9 Å². The maximum absolute atomic E-state index is 13.4. The van der Waals surface area contributed by atoms with Gasteiger partial charge in [-0.05, 0) is 51.5 Å². The van der Waals surface area contributed by atoms with E-state index in [1.165, 1.54) is 16.7 Å². The molecule has 1 heterocycles. The number of carbonyl (C=O) groups excluding carboxylic acids is 2. The van der Waals surface area contributed by atoms with Crippen molar-refractivity contribution in [1.82, 2.24) is 4.90 Å². The van der Waals surface area contributed by atoms with Crippen molar-refractivity contribution in [2.24, 2.45) is 0 Å². The van der Waals surface area contributed by atoms with Gasteiger partial charge in [-0.1, -0.05) is 42.1 Å². The number of aryl methyl sites for hydroxylation is 1. The molecule has 8 heteroatoms. The lowest BCUT2D eigenvalue weighted by Gasteiger charge is -2.38. The number of thioether (sulfide) groups is 1. The van der Waals surface area contributed by atoms with Crippen LogP contribution in [0.3, 0.4) is 0 Å². The summed E-state index contributed by atoms with van der Waals surface area (Å²) in [6, 6.07) is 14.4. The summed E-state index contributed by atoms with van der Waals surface area (Å²) < 4.78 is 24.5. The van der Waals surface area contributed by atoms with Gasteiger partial charge in [0.2, 0.25) is 0 Å². The summed E-state index contributed by atoms with van der Waals surface area (Å²) in [4.78, 5) is 27.4. The Balaban J connectivity index is 2.08. The Morgan fingerprint density at radius 1 is 0.933 bits per heavy atom. The second kappa shape index (κ2) is 9.06. The smallest absolute Gasteiger partial charge is 0.309 e. The van der Waals surface area contributed by atoms with Crippen LogP contribution < -0.4 is 0 Å². The molecule has 1 atom stereocenters. The monoisotopic (exact) mass is 447 g/mol. The molecule has 2 amide bonds. The van der Waals surface area contributed by atoms with Crippen LogP contribution in [-0.2, 0) is 13.6 Å². The minimum absolute atomic E-state index is 0.119. The molecule has 0 radical (unpaired) electrons. The zero-order valence-corrected chi connectivity index (χ0v) is 19.3. The van der Waals surface area contributed by atoms with Gasteiger partial charge in [-0.3, -0.25) is 19.1 Å². The fourth-order valence-corrected chi connectivity index (χ4v) is 7.30. The van der Waals surface area contributed by atoms with Crippen LogP contribution in [0, 0.1) is 6.92 Å². The summed E-state index contributed by atoms with van der Waals surface area (Å²) in [5, 5.41) is 0. The van der Waals surface area contributed by atoms with Gasteiger partial charge in [-0.25, -0.2) is 0 Å². The summed E-state index contributed by atoms with van der Waals surface area (Å²) in [6.45, 7) is 7.57. The first-order chi connectivity index (χ1) is 14.2. The summed E-state index contributed by atoms with van der Waals surface area (Å²) in [7, 11) is -3.56. The Morgan fingerprint density at radius 3 is 1.93 bits per heavy atom. The molecule has 30 heavy (non-hydrogen) atoms. The molecule has 0 aliphatic carbocycles. The second-order valence-electron chi connectivity index (χ2n) is 7.14. The first-order valence-corrected chi connectivity index (χ1v) is 12.4. The molecule has 0 saturated carbocycles. The van der Waals surface area contributed by atoms with Crippen molar-refractivity contribution in [2.75, 3.05) is 19.4 Å². The van der Waals surface area contributed by atoms with Crippen LogP contribution >= 0.6 is 19.4 Å². The second-order valence-corrected chi connectivity index (χ2v) is 10.7. The van der Waals surface area contributed by atoms with E-state index in [1.807, 2.05) is 31.2 Å². The minimum Gasteiger partial charge on any atom is -0.309 e. The predicted octanol–water partition coefficient (Wildman–Crippen LogP) is 5.37. The molecule has 1 aliphatic rings. The number of imide groups is 1. The van der Waals surface area contributed by atoms with E-state index in [1.54, 1.807) is 45.0 Å². The molecule has 0 fully saturated rings. The van der Waals surface area contributed by atoms with E-state index in [0.717, 1.165) is 10.5 Å². The van der Waals surface area contributed by atoms with Crippen molar-refractivity contribution < 1.29 is 23.2 Å². The van der Waals surface area contributed by atoms with E-state index in [9.17, 15) is 14.2 Å². The van der Waals surface area contributed by atoms with Gasteiger partial charge < -0.3 is 9.05 Å². The number of hydrogen-bond acceptors (Lipinski definition) is 6. The highest BCUT2D eigenvalue weighted by Crippen LogP contribution is 2.56. The standard InChI is InChI=1S/C22H26NO5PS/c1-5-27-29(26,28-6-2)15-22(4,30-19-14-10-7-11-16(19)3)23-20(24)17-12-8-9-13-18(17)21(23)25/h7-14H,5-6,15H2,1-4H3. The van der Waals surface area contributed by atoms with Crippen LogP contribution in [0.1, 0.15) is 47.1 Å². The summed E-state index contributed by atoms with van der Waals surface area (Å²) in [5.74, 6) is -0.808. The third-order valence-electron chi connectivity index (χ3n) is 4.83. The predicted molar refractivity (Wildman–Crippen MR) is 118 cm³/mol. The zero-order valence-electron chi connectivity index (χ0n) is 17.6. The van der Waals surface area contributed by atoms with Crippen LogP contribution in [0.5, 0.6) is 0 Å². The summed E-state index contributed by atoms with van der Waals surface area (Å²) >= 11 is 1.32. The fraction of sp³-hybridized carbons (Fsp3) is 0.364. The average molecular weight is 447 g/mol. The van der Waals surface area contributed by atoms with Gasteiger partial charge in [0.25, 0.3) is 11.8 Å². The SMILES string of the molecule is CCOP(=O)(CC(C)(Sc1ccccc1C)N1C(=O)c2ccccc2C1=O)OCC. The first-order valence-electron chi connectivity index (χ1n) is 9.85. The Hall–Kier alpha value is -1.92. The van der Waals surface area contributed by atoms with E-state index in [2.05, 4.69) is 0 Å². The average Bonchev–Trinajstić information content (AvgIpc) is 2.95. The lowest BCUT2D eigenvalue weighted by atomic mass is 10.1. The van der Waals surface area contributed by atoms with Gasteiger partial charge in [-0.15, -0.1) is 0 Å². The zero-order chi connectivity index (χ0) is 21.9. The molecule has 0 bridgehead atoms. The van der Waals surface area contributed by atoms with Crippen molar-refractivity contribution >= 4 is 31.2 Å². The molecule has 0 spiro atoms. The van der Waals surface area contributed by atoms with Crippen molar-refractivity contribution in [2.45, 2.75) is 37.5 Å². The van der Waals surface area contributed by atoms with Gasteiger partial charge in [0.1, 0.15) is 4.87 Å². The van der Waals surface area contributed by atoms with Crippen LogP contribution in [-0.4, -0.2) is 41.0 Å². The highest BCUT2D eigenvalue weighted by molar-refractivity contribution is 8.01. The minimum atomic E-state index is -3.56. The Morgan fingerprint density at radius 2 is 1.43 bits per heavy atom. The number of hydrogen-bond donors (Lipinski definition) is 0. The van der Waals surface area contributed by atoms with Crippen molar-refractivity contribution in [3.05, 3.63) is 65.2 Å². The molecule has 1 aliphatic heterocycles. The Kier molecular flexibility index (Phi) is 6.88. The summed E-state index contributed by atoms with van der Waals surface area (Å²) in [6.07, 6.45) is -0.119.